The molecule has 0 fully saturated rings. The first-order valence-corrected chi connectivity index (χ1v) is 12.7. The van der Waals surface area contributed by atoms with Gasteiger partial charge in [-0.15, -0.1) is 11.3 Å². The van der Waals surface area contributed by atoms with Crippen LogP contribution in [0.3, 0.4) is 0 Å². The Hall–Kier alpha value is -3.55. The first-order valence-electron chi connectivity index (χ1n) is 11.9. The van der Waals surface area contributed by atoms with Gasteiger partial charge in [0, 0.05) is 29.7 Å². The van der Waals surface area contributed by atoms with E-state index < -0.39 is 0 Å². The molecule has 0 saturated heterocycles. The Balaban J connectivity index is 1.49. The molecule has 0 bridgehead atoms. The van der Waals surface area contributed by atoms with Crippen LogP contribution >= 0.6 is 11.3 Å². The number of aromatic nitrogens is 1. The number of amides is 2. The minimum atomic E-state index is -0.220. The van der Waals surface area contributed by atoms with E-state index >= 15 is 0 Å². The summed E-state index contributed by atoms with van der Waals surface area (Å²) in [6.07, 6.45) is 3.14. The van der Waals surface area contributed by atoms with Crippen molar-refractivity contribution in [1.29, 1.82) is 0 Å². The average molecular weight is 485 g/mol. The van der Waals surface area contributed by atoms with E-state index in [0.29, 0.717) is 18.0 Å². The highest BCUT2D eigenvalue weighted by atomic mass is 32.1. The number of methoxy groups -OCH3 is 1. The van der Waals surface area contributed by atoms with E-state index in [1.165, 1.54) is 21.0 Å². The minimum Gasteiger partial charge on any atom is -0.495 e. The molecule has 35 heavy (non-hydrogen) atoms. The molecule has 0 spiro atoms. The summed E-state index contributed by atoms with van der Waals surface area (Å²) < 4.78 is 7.80. The van der Waals surface area contributed by atoms with Gasteiger partial charge >= 0.3 is 6.03 Å². The Kier molecular flexibility index (Phi) is 5.59. The lowest BCUT2D eigenvalue weighted by Gasteiger charge is -2.32. The molecule has 6 nitrogen and oxygen atoms in total. The molecule has 2 aliphatic rings. The molecule has 0 saturated carbocycles. The second kappa shape index (κ2) is 8.91. The first kappa shape index (κ1) is 21.9. The van der Waals surface area contributed by atoms with E-state index in [1.54, 1.807) is 7.11 Å². The van der Waals surface area contributed by atoms with Crippen LogP contribution < -0.4 is 10.1 Å². The van der Waals surface area contributed by atoms with Gasteiger partial charge in [0.2, 0.25) is 0 Å². The van der Waals surface area contributed by atoms with Crippen molar-refractivity contribution in [3.05, 3.63) is 100 Å². The van der Waals surface area contributed by atoms with Crippen LogP contribution in [-0.2, 0) is 19.5 Å². The molecule has 0 radical (unpaired) electrons. The van der Waals surface area contributed by atoms with Crippen molar-refractivity contribution >= 4 is 23.1 Å². The van der Waals surface area contributed by atoms with E-state index in [4.69, 9.17) is 4.74 Å². The summed E-state index contributed by atoms with van der Waals surface area (Å²) in [5.74, 6) is 0.645. The molecule has 4 aromatic rings. The number of para-hydroxylation sites is 2. The molecule has 7 heteroatoms. The number of ether oxygens (including phenoxy) is 1. The topological polar surface area (TPSA) is 49.7 Å². The van der Waals surface area contributed by atoms with Crippen molar-refractivity contribution < 1.29 is 9.53 Å². The summed E-state index contributed by atoms with van der Waals surface area (Å²) in [5.41, 5.74) is 5.53. The molecule has 2 amide bonds. The van der Waals surface area contributed by atoms with E-state index in [0.717, 1.165) is 30.8 Å². The number of anilines is 1. The quantitative estimate of drug-likeness (QED) is 0.408. The highest BCUT2D eigenvalue weighted by Gasteiger charge is 2.36. The van der Waals surface area contributed by atoms with Gasteiger partial charge in [0.25, 0.3) is 0 Å². The molecule has 6 rings (SSSR count). The summed E-state index contributed by atoms with van der Waals surface area (Å²) >= 11 is 1.87. The number of carbonyl (C=O) groups is 1. The van der Waals surface area contributed by atoms with Gasteiger partial charge < -0.3 is 24.4 Å². The average Bonchev–Trinajstić information content (AvgIpc) is 3.46. The van der Waals surface area contributed by atoms with Crippen LogP contribution in [0.5, 0.6) is 5.75 Å². The van der Waals surface area contributed by atoms with Crippen LogP contribution in [0.2, 0.25) is 0 Å². The Bertz CT molecular complexity index is 1380. The summed E-state index contributed by atoms with van der Waals surface area (Å²) in [6.45, 7) is 2.54. The molecule has 0 aliphatic carbocycles. The fraction of sp³-hybridized carbons (Fsp3) is 0.250. The minimum absolute atomic E-state index is 0.142. The van der Waals surface area contributed by atoms with Crippen molar-refractivity contribution in [1.82, 2.24) is 14.4 Å². The zero-order chi connectivity index (χ0) is 23.9. The SMILES string of the molecule is COc1ccccc1NC(=O)N1Cc2c(sc3c2CCN(C)C3)-n2cccc2[C@H]1c1ccccc1. The first-order chi connectivity index (χ1) is 17.1. The second-order valence-electron chi connectivity index (χ2n) is 9.15. The van der Waals surface area contributed by atoms with Gasteiger partial charge in [0.1, 0.15) is 10.8 Å². The second-order valence-corrected chi connectivity index (χ2v) is 10.2. The van der Waals surface area contributed by atoms with E-state index in [2.05, 4.69) is 52.3 Å². The van der Waals surface area contributed by atoms with Gasteiger partial charge in [-0.2, -0.15) is 0 Å². The summed E-state index contributed by atoms with van der Waals surface area (Å²) in [7, 11) is 3.80. The summed E-state index contributed by atoms with van der Waals surface area (Å²) in [4.78, 5) is 19.8. The van der Waals surface area contributed by atoms with Gasteiger partial charge in [-0.05, 0) is 48.9 Å². The third kappa shape index (κ3) is 3.81. The highest BCUT2D eigenvalue weighted by molar-refractivity contribution is 7.15. The van der Waals surface area contributed by atoms with Crippen LogP contribution in [-0.4, -0.2) is 41.1 Å². The fourth-order valence-electron chi connectivity index (χ4n) is 5.27. The Morgan fingerprint density at radius 3 is 2.63 bits per heavy atom. The molecule has 4 heterocycles. The molecule has 178 valence electrons. The largest absolute Gasteiger partial charge is 0.495 e. The van der Waals surface area contributed by atoms with Gasteiger partial charge in [0.05, 0.1) is 31.1 Å². The Morgan fingerprint density at radius 2 is 1.80 bits per heavy atom. The predicted molar refractivity (Wildman–Crippen MR) is 140 cm³/mol. The van der Waals surface area contributed by atoms with Crippen LogP contribution in [0.25, 0.3) is 5.00 Å². The number of hydrogen-bond acceptors (Lipinski definition) is 4. The zero-order valence-electron chi connectivity index (χ0n) is 19.9. The number of benzene rings is 2. The maximum Gasteiger partial charge on any atom is 0.323 e. The molecule has 1 N–H and O–H groups in total. The van der Waals surface area contributed by atoms with E-state index in [9.17, 15) is 4.79 Å². The number of rotatable bonds is 3. The molecule has 0 unspecified atom stereocenters. The van der Waals surface area contributed by atoms with Gasteiger partial charge in [-0.1, -0.05) is 42.5 Å². The number of hydrogen-bond donors (Lipinski definition) is 1. The molecule has 2 aliphatic heterocycles. The third-order valence-electron chi connectivity index (χ3n) is 6.98. The van der Waals surface area contributed by atoms with Crippen molar-refractivity contribution in [2.75, 3.05) is 26.0 Å². The molecular weight excluding hydrogens is 456 g/mol. The smallest absolute Gasteiger partial charge is 0.323 e. The third-order valence-corrected chi connectivity index (χ3v) is 8.24. The molecular formula is C28H28N4O2S. The van der Waals surface area contributed by atoms with E-state index in [-0.39, 0.29) is 12.1 Å². The van der Waals surface area contributed by atoms with Crippen molar-refractivity contribution in [2.45, 2.75) is 25.6 Å². The predicted octanol–water partition coefficient (Wildman–Crippen LogP) is 5.67. The van der Waals surface area contributed by atoms with Crippen molar-refractivity contribution in [3.63, 3.8) is 0 Å². The standard InChI is InChI=1S/C28H28N4O2S/c1-30-16-14-20-21-17-32(28(33)29-22-11-6-7-13-24(22)34-2)26(19-9-4-3-5-10-19)23-12-8-15-31(23)27(21)35-25(20)18-30/h3-13,15,26H,14,16-18H2,1-2H3,(H,29,33)/t26-/m1/s1. The maximum atomic E-state index is 14.0. The van der Waals surface area contributed by atoms with Crippen LogP contribution in [0.4, 0.5) is 10.5 Å². The van der Waals surface area contributed by atoms with Gasteiger partial charge in [-0.3, -0.25) is 0 Å². The summed E-state index contributed by atoms with van der Waals surface area (Å²) in [5, 5.41) is 4.37. The van der Waals surface area contributed by atoms with Gasteiger partial charge in [0.15, 0.2) is 0 Å². The number of nitrogens with zero attached hydrogens (tertiary/aromatic N) is 3. The van der Waals surface area contributed by atoms with Crippen LogP contribution in [0.15, 0.2) is 72.9 Å². The molecule has 2 aromatic carbocycles. The number of likely N-dealkylation sites (N-methyl/N-ethyl adjacent to an activating group) is 1. The van der Waals surface area contributed by atoms with Gasteiger partial charge in [-0.25, -0.2) is 4.79 Å². The number of nitrogens with one attached hydrogen (secondary N) is 1. The fourth-order valence-corrected chi connectivity index (χ4v) is 6.72. The lowest BCUT2D eigenvalue weighted by molar-refractivity contribution is 0.194. The zero-order valence-corrected chi connectivity index (χ0v) is 20.7. The van der Waals surface area contributed by atoms with Crippen LogP contribution in [0.1, 0.15) is 33.3 Å². The van der Waals surface area contributed by atoms with E-state index in [1.807, 2.05) is 58.7 Å². The lowest BCUT2D eigenvalue weighted by Crippen LogP contribution is -2.38. The maximum absolute atomic E-state index is 14.0. The Morgan fingerprint density at radius 1 is 1.00 bits per heavy atom. The number of fused-ring (bicyclic) bond motifs is 5. The number of urea groups is 1. The monoisotopic (exact) mass is 484 g/mol. The summed E-state index contributed by atoms with van der Waals surface area (Å²) in [6, 6.07) is 21.7. The van der Waals surface area contributed by atoms with Crippen molar-refractivity contribution in [2.24, 2.45) is 0 Å². The van der Waals surface area contributed by atoms with Crippen molar-refractivity contribution in [3.8, 4) is 10.8 Å². The highest BCUT2D eigenvalue weighted by Crippen LogP contribution is 2.43. The lowest BCUT2D eigenvalue weighted by atomic mass is 10.0. The Labute approximate surface area is 209 Å². The number of carbonyl (C=O) groups excluding carboxylic acids is 1. The molecule has 1 atom stereocenters. The normalized spacial score (nSPS) is 17.2. The molecule has 2 aromatic heterocycles. The number of thiophene rings is 1. The van der Waals surface area contributed by atoms with Crippen LogP contribution in [0, 0.1) is 0 Å².